The summed E-state index contributed by atoms with van der Waals surface area (Å²) in [6, 6.07) is 16.2. The molecule has 3 heteroatoms. The van der Waals surface area contributed by atoms with Gasteiger partial charge in [0.05, 0.1) is 13.7 Å². The van der Waals surface area contributed by atoms with Crippen molar-refractivity contribution >= 4 is 0 Å². The zero-order valence-electron chi connectivity index (χ0n) is 12.5. The first kappa shape index (κ1) is 15.4. The van der Waals surface area contributed by atoms with Crippen molar-refractivity contribution in [2.75, 3.05) is 20.3 Å². The van der Waals surface area contributed by atoms with Crippen LogP contribution in [0.5, 0.6) is 11.5 Å². The molecule has 0 saturated carbocycles. The highest BCUT2D eigenvalue weighted by Gasteiger charge is 2.07. The summed E-state index contributed by atoms with van der Waals surface area (Å²) in [5.74, 6) is 1.68. The summed E-state index contributed by atoms with van der Waals surface area (Å²) in [5, 5.41) is 0. The monoisotopic (exact) mass is 285 g/mol. The van der Waals surface area contributed by atoms with Gasteiger partial charge in [0.15, 0.2) is 0 Å². The highest BCUT2D eigenvalue weighted by atomic mass is 16.5. The van der Waals surface area contributed by atoms with Crippen LogP contribution < -0.4 is 15.2 Å². The molecule has 0 bridgehead atoms. The molecule has 112 valence electrons. The molecule has 0 aliphatic heterocycles. The average molecular weight is 285 g/mol. The maximum absolute atomic E-state index is 5.77. The molecule has 21 heavy (non-hydrogen) atoms. The van der Waals surface area contributed by atoms with E-state index in [1.807, 2.05) is 36.4 Å². The summed E-state index contributed by atoms with van der Waals surface area (Å²) < 4.78 is 11.3. The maximum atomic E-state index is 5.77. The van der Waals surface area contributed by atoms with E-state index in [1.165, 1.54) is 0 Å². The fourth-order valence-electron chi connectivity index (χ4n) is 2.23. The van der Waals surface area contributed by atoms with Crippen LogP contribution in [0.1, 0.15) is 19.3 Å². The quantitative estimate of drug-likeness (QED) is 0.749. The largest absolute Gasteiger partial charge is 0.496 e. The minimum absolute atomic E-state index is 0.716. The normalized spacial score (nSPS) is 10.4. The van der Waals surface area contributed by atoms with Crippen LogP contribution >= 0.6 is 0 Å². The molecule has 0 spiro atoms. The second-order valence-corrected chi connectivity index (χ2v) is 4.93. The van der Waals surface area contributed by atoms with E-state index in [1.54, 1.807) is 7.11 Å². The first-order chi connectivity index (χ1) is 10.3. The van der Waals surface area contributed by atoms with Gasteiger partial charge >= 0.3 is 0 Å². The van der Waals surface area contributed by atoms with Crippen molar-refractivity contribution in [2.24, 2.45) is 5.73 Å². The highest BCUT2D eigenvalue weighted by Crippen LogP contribution is 2.33. The summed E-state index contributed by atoms with van der Waals surface area (Å²) in [4.78, 5) is 0. The molecule has 3 nitrogen and oxygen atoms in total. The van der Waals surface area contributed by atoms with Crippen LogP contribution in [-0.4, -0.2) is 20.3 Å². The van der Waals surface area contributed by atoms with Gasteiger partial charge in [-0.15, -0.1) is 0 Å². The summed E-state index contributed by atoms with van der Waals surface area (Å²) in [5.41, 5.74) is 7.69. The Morgan fingerprint density at radius 1 is 0.952 bits per heavy atom. The lowest BCUT2D eigenvalue weighted by Gasteiger charge is -2.12. The molecule has 0 aromatic heterocycles. The lowest BCUT2D eigenvalue weighted by molar-refractivity contribution is 0.303. The number of methoxy groups -OCH3 is 1. The van der Waals surface area contributed by atoms with E-state index in [0.717, 1.165) is 48.4 Å². The minimum Gasteiger partial charge on any atom is -0.496 e. The lowest BCUT2D eigenvalue weighted by atomic mass is 10.0. The second kappa shape index (κ2) is 8.32. The van der Waals surface area contributed by atoms with E-state index in [4.69, 9.17) is 15.2 Å². The van der Waals surface area contributed by atoms with Crippen molar-refractivity contribution < 1.29 is 9.47 Å². The van der Waals surface area contributed by atoms with Crippen LogP contribution in [0.3, 0.4) is 0 Å². The van der Waals surface area contributed by atoms with Gasteiger partial charge in [-0.1, -0.05) is 30.3 Å². The first-order valence-electron chi connectivity index (χ1n) is 7.41. The van der Waals surface area contributed by atoms with Crippen LogP contribution in [-0.2, 0) is 0 Å². The van der Waals surface area contributed by atoms with Crippen molar-refractivity contribution in [1.29, 1.82) is 0 Å². The van der Waals surface area contributed by atoms with Gasteiger partial charge < -0.3 is 15.2 Å². The Kier molecular flexibility index (Phi) is 6.10. The Morgan fingerprint density at radius 3 is 2.48 bits per heavy atom. The highest BCUT2D eigenvalue weighted by molar-refractivity contribution is 5.71. The number of nitrogens with two attached hydrogens (primary N) is 1. The number of hydrogen-bond acceptors (Lipinski definition) is 3. The average Bonchev–Trinajstić information content (AvgIpc) is 2.55. The van der Waals surface area contributed by atoms with Crippen molar-refractivity contribution in [3.05, 3.63) is 48.5 Å². The fourth-order valence-corrected chi connectivity index (χ4v) is 2.23. The van der Waals surface area contributed by atoms with Gasteiger partial charge in [0.2, 0.25) is 0 Å². The van der Waals surface area contributed by atoms with Crippen molar-refractivity contribution in [1.82, 2.24) is 0 Å². The summed E-state index contributed by atoms with van der Waals surface area (Å²) >= 11 is 0. The molecule has 2 rings (SSSR count). The molecule has 0 heterocycles. The Morgan fingerprint density at radius 2 is 1.76 bits per heavy atom. The van der Waals surface area contributed by atoms with Gasteiger partial charge in [-0.25, -0.2) is 0 Å². The summed E-state index contributed by atoms with van der Waals surface area (Å²) in [6.45, 7) is 1.47. The smallest absolute Gasteiger partial charge is 0.130 e. The number of ether oxygens (including phenoxy) is 2. The molecule has 0 amide bonds. The molecule has 0 fully saturated rings. The lowest BCUT2D eigenvalue weighted by Crippen LogP contribution is -2.01. The fraction of sp³-hybridized carbons (Fsp3) is 0.333. The van der Waals surface area contributed by atoms with Gasteiger partial charge in [-0.2, -0.15) is 0 Å². The Bertz CT molecular complexity index is 540. The van der Waals surface area contributed by atoms with Crippen LogP contribution in [0.25, 0.3) is 11.1 Å². The van der Waals surface area contributed by atoms with Crippen LogP contribution in [0.15, 0.2) is 48.5 Å². The van der Waals surface area contributed by atoms with Gasteiger partial charge in [0.25, 0.3) is 0 Å². The summed E-state index contributed by atoms with van der Waals surface area (Å²) in [6.07, 6.45) is 3.19. The van der Waals surface area contributed by atoms with Crippen molar-refractivity contribution in [3.8, 4) is 22.6 Å². The van der Waals surface area contributed by atoms with E-state index in [2.05, 4.69) is 12.1 Å². The molecule has 0 unspecified atom stereocenters. The zero-order valence-corrected chi connectivity index (χ0v) is 12.5. The number of hydrogen-bond donors (Lipinski definition) is 1. The van der Waals surface area contributed by atoms with E-state index < -0.39 is 0 Å². The molecule has 0 saturated heterocycles. The number of benzene rings is 2. The molecular weight excluding hydrogens is 262 g/mol. The van der Waals surface area contributed by atoms with Crippen molar-refractivity contribution in [2.45, 2.75) is 19.3 Å². The van der Waals surface area contributed by atoms with E-state index in [9.17, 15) is 0 Å². The van der Waals surface area contributed by atoms with Crippen LogP contribution in [0.4, 0.5) is 0 Å². The zero-order chi connectivity index (χ0) is 14.9. The Labute approximate surface area is 126 Å². The topological polar surface area (TPSA) is 44.5 Å². The Hall–Kier alpha value is -2.00. The summed E-state index contributed by atoms with van der Waals surface area (Å²) in [7, 11) is 1.69. The predicted octanol–water partition coefficient (Wildman–Crippen LogP) is 3.87. The molecule has 2 aromatic rings. The third-order valence-corrected chi connectivity index (χ3v) is 3.37. The molecular formula is C18H23NO2. The van der Waals surface area contributed by atoms with E-state index >= 15 is 0 Å². The van der Waals surface area contributed by atoms with Gasteiger partial charge in [-0.3, -0.25) is 0 Å². The third kappa shape index (κ3) is 4.50. The molecule has 0 atom stereocenters. The van der Waals surface area contributed by atoms with Crippen LogP contribution in [0.2, 0.25) is 0 Å². The maximum Gasteiger partial charge on any atom is 0.130 e. The number of rotatable bonds is 8. The molecule has 2 N–H and O–H groups in total. The molecule has 0 radical (unpaired) electrons. The van der Waals surface area contributed by atoms with E-state index in [-0.39, 0.29) is 0 Å². The minimum atomic E-state index is 0.716. The van der Waals surface area contributed by atoms with E-state index in [0.29, 0.717) is 6.61 Å². The predicted molar refractivity (Wildman–Crippen MR) is 86.8 cm³/mol. The van der Waals surface area contributed by atoms with Gasteiger partial charge in [0, 0.05) is 11.6 Å². The van der Waals surface area contributed by atoms with Gasteiger partial charge in [-0.05, 0) is 43.5 Å². The number of unbranched alkanes of at least 4 members (excludes halogenated alkanes) is 2. The van der Waals surface area contributed by atoms with Crippen LogP contribution in [0, 0.1) is 0 Å². The molecule has 0 aliphatic carbocycles. The second-order valence-electron chi connectivity index (χ2n) is 4.93. The standard InChI is InChI=1S/C18H23NO2/c1-20-18-14-16(21-13-7-3-6-12-19)10-11-17(18)15-8-4-2-5-9-15/h2,4-5,8-11,14H,3,6-7,12-13,19H2,1H3. The third-order valence-electron chi connectivity index (χ3n) is 3.37. The molecule has 0 aliphatic rings. The van der Waals surface area contributed by atoms with Gasteiger partial charge in [0.1, 0.15) is 11.5 Å². The SMILES string of the molecule is COc1cc(OCCCCCN)ccc1-c1ccccc1. The first-order valence-corrected chi connectivity index (χ1v) is 7.41. The Balaban J connectivity index is 2.03. The van der Waals surface area contributed by atoms with Crippen molar-refractivity contribution in [3.63, 3.8) is 0 Å². The molecule has 2 aromatic carbocycles.